The summed E-state index contributed by atoms with van der Waals surface area (Å²) in [6, 6.07) is 20.1. The van der Waals surface area contributed by atoms with Crippen molar-refractivity contribution in [3.05, 3.63) is 71.8 Å². The Hall–Kier alpha value is -2.19. The third-order valence-corrected chi connectivity index (χ3v) is 11.4. The SMILES string of the molecule is CCCCCCCCCC(CC(CCCCCC(=O)[O-])OCc1ccccc1)OC(C)=O.CCCCCCCCCC(CC(CCCCCC(=O)[O-])OCc1ccccc1)OC(C)=O.[Ba+2]. The molecule has 4 unspecified atom stereocenters. The van der Waals surface area contributed by atoms with Crippen molar-refractivity contribution in [2.45, 2.75) is 245 Å². The maximum atomic E-state index is 11.7. The summed E-state index contributed by atoms with van der Waals surface area (Å²) >= 11 is 0. The summed E-state index contributed by atoms with van der Waals surface area (Å²) in [6.07, 6.45) is 26.5. The van der Waals surface area contributed by atoms with Crippen molar-refractivity contribution < 1.29 is 48.3 Å². The Kier molecular flexibility index (Phi) is 42.8. The monoisotopic (exact) mass is 1030 g/mol. The summed E-state index contributed by atoms with van der Waals surface area (Å²) in [6.45, 7) is 8.44. The predicted molar refractivity (Wildman–Crippen MR) is 258 cm³/mol. The molecule has 0 aliphatic rings. The van der Waals surface area contributed by atoms with E-state index in [9.17, 15) is 29.4 Å². The molecular weight excluding hydrogens is 946 g/mol. The molecule has 11 heteroatoms. The minimum absolute atomic E-state index is 0. The van der Waals surface area contributed by atoms with Gasteiger partial charge in [0.1, 0.15) is 12.2 Å². The fourth-order valence-electron chi connectivity index (χ4n) is 7.92. The number of ether oxygens (including phenoxy) is 4. The largest absolute Gasteiger partial charge is 2.00 e. The molecule has 2 rings (SSSR count). The van der Waals surface area contributed by atoms with Crippen LogP contribution in [-0.4, -0.2) is 97.2 Å². The summed E-state index contributed by atoms with van der Waals surface area (Å²) in [7, 11) is 0. The maximum absolute atomic E-state index is 11.7. The second-order valence-electron chi connectivity index (χ2n) is 17.5. The smallest absolute Gasteiger partial charge is 0.550 e. The molecule has 0 aromatic heterocycles. The number of hydrogen-bond acceptors (Lipinski definition) is 10. The average molecular weight is 1030 g/mol. The predicted octanol–water partition coefficient (Wildman–Crippen LogP) is 11.1. The van der Waals surface area contributed by atoms with Crippen LogP contribution in [-0.2, 0) is 51.3 Å². The first kappa shape index (κ1) is 62.8. The number of unbranched alkanes of at least 4 members (excludes halogenated alkanes) is 16. The maximum Gasteiger partial charge on any atom is 2.00 e. The van der Waals surface area contributed by atoms with E-state index in [0.29, 0.717) is 38.9 Å². The number of carboxylic acids is 2. The molecule has 65 heavy (non-hydrogen) atoms. The van der Waals surface area contributed by atoms with Crippen LogP contribution in [0.1, 0.15) is 219 Å². The summed E-state index contributed by atoms with van der Waals surface area (Å²) in [5.74, 6) is -2.47. The van der Waals surface area contributed by atoms with Gasteiger partial charge in [0, 0.05) is 38.6 Å². The van der Waals surface area contributed by atoms with Crippen LogP contribution in [0.3, 0.4) is 0 Å². The quantitative estimate of drug-likeness (QED) is 0.0358. The van der Waals surface area contributed by atoms with Gasteiger partial charge >= 0.3 is 60.8 Å². The standard InChI is InChI=1S/2C27H44O5.Ba/c2*1-3-4-5-6-7-8-13-19-26(32-23(2)28)21-25(18-14-10-15-20-27(29)30)31-22-24-16-11-9-12-17-24;/h2*9,11-12,16-17,25-26H,3-8,10,13-15,18-22H2,1-2H3,(H,29,30);/q;;+2/p-2. The van der Waals surface area contributed by atoms with Gasteiger partial charge in [-0.1, -0.05) is 177 Å². The minimum Gasteiger partial charge on any atom is -0.550 e. The van der Waals surface area contributed by atoms with E-state index in [1.165, 1.54) is 90.9 Å². The second-order valence-corrected chi connectivity index (χ2v) is 17.5. The Morgan fingerprint density at radius 2 is 0.723 bits per heavy atom. The van der Waals surface area contributed by atoms with Crippen LogP contribution in [0.2, 0.25) is 0 Å². The summed E-state index contributed by atoms with van der Waals surface area (Å²) in [5, 5.41) is 21.2. The first-order valence-corrected chi connectivity index (χ1v) is 25.1. The van der Waals surface area contributed by atoms with Crippen molar-refractivity contribution in [1.29, 1.82) is 0 Å². The molecule has 0 bridgehead atoms. The Morgan fingerprint density at radius 3 is 1.03 bits per heavy atom. The number of carboxylic acid groups (broad SMARTS) is 2. The number of rotatable bonds is 40. The first-order chi connectivity index (χ1) is 31.0. The van der Waals surface area contributed by atoms with Gasteiger partial charge in [-0.2, -0.15) is 0 Å². The third kappa shape index (κ3) is 40.6. The molecule has 364 valence electrons. The molecule has 2 aromatic carbocycles. The summed E-state index contributed by atoms with van der Waals surface area (Å²) in [4.78, 5) is 44.6. The summed E-state index contributed by atoms with van der Waals surface area (Å²) < 4.78 is 23.7. The second kappa shape index (κ2) is 44.3. The Morgan fingerprint density at radius 1 is 0.431 bits per heavy atom. The van der Waals surface area contributed by atoms with E-state index in [4.69, 9.17) is 18.9 Å². The Labute approximate surface area is 434 Å². The van der Waals surface area contributed by atoms with Gasteiger partial charge in [0.15, 0.2) is 0 Å². The molecule has 0 spiro atoms. The van der Waals surface area contributed by atoms with Gasteiger partial charge in [-0.05, 0) is 75.3 Å². The Bertz CT molecular complexity index is 1320. The van der Waals surface area contributed by atoms with E-state index in [0.717, 1.165) is 75.3 Å². The molecule has 0 fully saturated rings. The zero-order valence-electron chi connectivity index (χ0n) is 41.1. The van der Waals surface area contributed by atoms with Gasteiger partial charge in [-0.25, -0.2) is 0 Å². The van der Waals surface area contributed by atoms with Crippen LogP contribution < -0.4 is 10.2 Å². The molecule has 0 amide bonds. The van der Waals surface area contributed by atoms with E-state index < -0.39 is 11.9 Å². The van der Waals surface area contributed by atoms with Crippen molar-refractivity contribution in [2.75, 3.05) is 0 Å². The van der Waals surface area contributed by atoms with Crippen molar-refractivity contribution in [3.63, 3.8) is 0 Å². The molecule has 0 radical (unpaired) electrons. The molecule has 2 aromatic rings. The van der Waals surface area contributed by atoms with Gasteiger partial charge in [0.2, 0.25) is 0 Å². The molecule has 4 atom stereocenters. The van der Waals surface area contributed by atoms with Crippen LogP contribution in [0, 0.1) is 0 Å². The molecule has 0 saturated heterocycles. The Balaban J connectivity index is 0.00000124. The van der Waals surface area contributed by atoms with Gasteiger partial charge in [0.25, 0.3) is 0 Å². The normalized spacial score (nSPS) is 12.7. The molecular formula is C54H86BaO10. The molecule has 0 heterocycles. The van der Waals surface area contributed by atoms with E-state index in [1.54, 1.807) is 0 Å². The molecule has 0 N–H and O–H groups in total. The number of benzene rings is 2. The number of carbonyl (C=O) groups excluding carboxylic acids is 4. The van der Waals surface area contributed by atoms with E-state index in [-0.39, 0.29) is 98.1 Å². The van der Waals surface area contributed by atoms with E-state index >= 15 is 0 Å². The topological polar surface area (TPSA) is 151 Å². The average Bonchev–Trinajstić information content (AvgIpc) is 3.26. The number of carbonyl (C=O) groups is 4. The summed E-state index contributed by atoms with van der Waals surface area (Å²) in [5.41, 5.74) is 2.23. The fourth-order valence-corrected chi connectivity index (χ4v) is 7.92. The van der Waals surface area contributed by atoms with Crippen molar-refractivity contribution >= 4 is 72.8 Å². The van der Waals surface area contributed by atoms with E-state index in [2.05, 4.69) is 13.8 Å². The zero-order valence-corrected chi connectivity index (χ0v) is 45.5. The number of aliphatic carboxylic acids is 2. The van der Waals surface area contributed by atoms with Crippen LogP contribution in [0.15, 0.2) is 60.7 Å². The van der Waals surface area contributed by atoms with Crippen molar-refractivity contribution in [3.8, 4) is 0 Å². The van der Waals surface area contributed by atoms with Gasteiger partial charge in [-0.15, -0.1) is 0 Å². The van der Waals surface area contributed by atoms with Gasteiger partial charge in [0.05, 0.1) is 25.4 Å². The van der Waals surface area contributed by atoms with Gasteiger partial charge < -0.3 is 38.7 Å². The van der Waals surface area contributed by atoms with Crippen LogP contribution >= 0.6 is 0 Å². The molecule has 0 saturated carbocycles. The van der Waals surface area contributed by atoms with E-state index in [1.807, 2.05) is 60.7 Å². The van der Waals surface area contributed by atoms with Crippen LogP contribution in [0.5, 0.6) is 0 Å². The third-order valence-electron chi connectivity index (χ3n) is 11.4. The fraction of sp³-hybridized carbons (Fsp3) is 0.704. The zero-order chi connectivity index (χ0) is 46.9. The molecule has 10 nitrogen and oxygen atoms in total. The molecule has 0 aliphatic carbocycles. The van der Waals surface area contributed by atoms with Crippen molar-refractivity contribution in [2.24, 2.45) is 0 Å². The van der Waals surface area contributed by atoms with Crippen LogP contribution in [0.4, 0.5) is 0 Å². The van der Waals surface area contributed by atoms with Crippen molar-refractivity contribution in [1.82, 2.24) is 0 Å². The van der Waals surface area contributed by atoms with Gasteiger partial charge in [-0.3, -0.25) is 9.59 Å². The number of esters is 2. The first-order valence-electron chi connectivity index (χ1n) is 25.1. The number of hydrogen-bond donors (Lipinski definition) is 0. The van der Waals surface area contributed by atoms with Crippen LogP contribution in [0.25, 0.3) is 0 Å². The molecule has 0 aliphatic heterocycles. The minimum atomic E-state index is -0.994.